The predicted octanol–water partition coefficient (Wildman–Crippen LogP) is 2.10. The first-order valence-corrected chi connectivity index (χ1v) is 3.56. The molecule has 0 aromatic heterocycles. The summed E-state index contributed by atoms with van der Waals surface area (Å²) in [7, 11) is 0. The van der Waals surface area contributed by atoms with Gasteiger partial charge in [-0.3, -0.25) is 0 Å². The van der Waals surface area contributed by atoms with Crippen LogP contribution in [-0.2, 0) is 0 Å². The van der Waals surface area contributed by atoms with E-state index in [1.807, 2.05) is 6.07 Å². The van der Waals surface area contributed by atoms with E-state index in [1.165, 1.54) is 0 Å². The molecule has 9 heavy (non-hydrogen) atoms. The maximum Gasteiger partial charge on any atom is 0.212 e. The number of rotatable bonds is 0. The van der Waals surface area contributed by atoms with Crippen LogP contribution in [-0.4, -0.2) is 5.11 Å². The van der Waals surface area contributed by atoms with Gasteiger partial charge >= 0.3 is 0 Å². The molecule has 1 N–H and O–H groups in total. The third-order valence-corrected chi connectivity index (χ3v) is 2.06. The third-order valence-electron chi connectivity index (χ3n) is 1.21. The number of aromatic hydroxyl groups is 1. The summed E-state index contributed by atoms with van der Waals surface area (Å²) in [6.07, 6.45) is 0. The summed E-state index contributed by atoms with van der Waals surface area (Å²) in [5, 5.41) is 8.97. The molecule has 0 saturated heterocycles. The van der Waals surface area contributed by atoms with Crippen molar-refractivity contribution < 1.29 is 9.84 Å². The van der Waals surface area contributed by atoms with Gasteiger partial charge in [0.25, 0.3) is 0 Å². The van der Waals surface area contributed by atoms with E-state index in [9.17, 15) is 0 Å². The molecule has 2 rings (SSSR count). The van der Waals surface area contributed by atoms with Crippen molar-refractivity contribution in [1.29, 1.82) is 0 Å². The lowest BCUT2D eigenvalue weighted by Gasteiger charge is -1.81. The van der Waals surface area contributed by atoms with E-state index in [0.29, 0.717) is 5.75 Å². The molecule has 0 saturated carbocycles. The van der Waals surface area contributed by atoms with Crippen molar-refractivity contribution in [3.8, 4) is 17.2 Å². The Labute approximate surface area is 65.6 Å². The Hall–Kier alpha value is -0.450. The maximum absolute atomic E-state index is 8.97. The van der Waals surface area contributed by atoms with E-state index < -0.39 is 0 Å². The molecule has 46 valence electrons. The normalized spacial score (nSPS) is 12.1. The Morgan fingerprint density at radius 2 is 2.11 bits per heavy atom. The van der Waals surface area contributed by atoms with Gasteiger partial charge in [-0.25, -0.2) is 0 Å². The minimum atomic E-state index is 0.241. The molecule has 3 heteroatoms. The summed E-state index contributed by atoms with van der Waals surface area (Å²) in [6.45, 7) is 0. The van der Waals surface area contributed by atoms with Crippen LogP contribution in [0.1, 0.15) is 0 Å². The van der Waals surface area contributed by atoms with Crippen LogP contribution in [0.3, 0.4) is 0 Å². The largest absolute Gasteiger partial charge is 0.504 e. The van der Waals surface area contributed by atoms with Crippen LogP contribution < -0.4 is 4.74 Å². The summed E-state index contributed by atoms with van der Waals surface area (Å²) >= 11 is 2.16. The first-order valence-electron chi connectivity index (χ1n) is 2.48. The van der Waals surface area contributed by atoms with Crippen LogP contribution in [0.15, 0.2) is 12.1 Å². The van der Waals surface area contributed by atoms with Gasteiger partial charge in [0, 0.05) is 0 Å². The Morgan fingerprint density at radius 1 is 1.33 bits per heavy atom. The topological polar surface area (TPSA) is 32.8 Å². The van der Waals surface area contributed by atoms with Crippen molar-refractivity contribution in [2.75, 3.05) is 0 Å². The van der Waals surface area contributed by atoms with Gasteiger partial charge in [0.05, 0.1) is 3.57 Å². The Balaban J connectivity index is 2.68. The molecule has 1 heterocycles. The van der Waals surface area contributed by atoms with Gasteiger partial charge in [-0.2, -0.15) is 0 Å². The number of benzene rings is 1. The van der Waals surface area contributed by atoms with Gasteiger partial charge in [-0.1, -0.05) is 0 Å². The van der Waals surface area contributed by atoms with Gasteiger partial charge in [0.15, 0.2) is 11.5 Å². The zero-order valence-corrected chi connectivity index (χ0v) is 6.55. The fourth-order valence-corrected chi connectivity index (χ4v) is 1.24. The lowest BCUT2D eigenvalue weighted by atomic mass is 10.3. The predicted molar refractivity (Wildman–Crippen MR) is 40.9 cm³/mol. The molecule has 0 fully saturated rings. The molecule has 0 aliphatic carbocycles. The van der Waals surface area contributed by atoms with E-state index in [1.54, 1.807) is 6.07 Å². The molecule has 1 aliphatic rings. The fraction of sp³-hybridized carbons (Fsp3) is 0. The van der Waals surface area contributed by atoms with Crippen LogP contribution in [0.25, 0.3) is 0 Å². The van der Waals surface area contributed by atoms with Gasteiger partial charge < -0.3 is 9.84 Å². The number of ether oxygens (including phenoxy) is 1. The van der Waals surface area contributed by atoms with Crippen LogP contribution in [0, 0.1) is 3.57 Å². The summed E-state index contributed by atoms with van der Waals surface area (Å²) in [4.78, 5) is 0. The molecule has 2 nitrogen and oxygen atoms in total. The second-order valence-corrected chi connectivity index (χ2v) is 2.99. The quantitative estimate of drug-likeness (QED) is 0.559. The lowest BCUT2D eigenvalue weighted by molar-refractivity contribution is 0.463. The number of halogens is 1. The molecular formula is C6H3IO2. The number of phenolic OH excluding ortho intramolecular Hbond substituents is 1. The van der Waals surface area contributed by atoms with Gasteiger partial charge in [0.2, 0.25) is 5.75 Å². The molecule has 1 aliphatic heterocycles. The molecule has 0 bridgehead atoms. The highest BCUT2D eigenvalue weighted by Gasteiger charge is 2.27. The Bertz CT molecular complexity index is 243. The molecule has 0 amide bonds. The van der Waals surface area contributed by atoms with Gasteiger partial charge in [-0.15, -0.1) is 0 Å². The van der Waals surface area contributed by atoms with Crippen LogP contribution in [0.2, 0.25) is 0 Å². The van der Waals surface area contributed by atoms with Crippen molar-refractivity contribution in [2.45, 2.75) is 0 Å². The second-order valence-electron chi connectivity index (χ2n) is 1.83. The third kappa shape index (κ3) is 0.676. The highest BCUT2D eigenvalue weighted by atomic mass is 127. The summed E-state index contributed by atoms with van der Waals surface area (Å²) in [5.41, 5.74) is 0. The molecule has 0 radical (unpaired) electrons. The van der Waals surface area contributed by atoms with Gasteiger partial charge in [0.1, 0.15) is 0 Å². The van der Waals surface area contributed by atoms with E-state index in [-0.39, 0.29) is 5.75 Å². The van der Waals surface area contributed by atoms with Gasteiger partial charge in [-0.05, 0) is 34.7 Å². The average molecular weight is 234 g/mol. The van der Waals surface area contributed by atoms with E-state index in [4.69, 9.17) is 9.84 Å². The second kappa shape index (κ2) is 1.53. The molecule has 0 atom stereocenters. The smallest absolute Gasteiger partial charge is 0.212 e. The van der Waals surface area contributed by atoms with Crippen molar-refractivity contribution in [2.24, 2.45) is 0 Å². The molecule has 1 aromatic rings. The van der Waals surface area contributed by atoms with E-state index in [2.05, 4.69) is 22.6 Å². The minimum absolute atomic E-state index is 0.241. The molecule has 0 spiro atoms. The average Bonchev–Trinajstić information content (AvgIpc) is 2.57. The number of phenols is 1. The Morgan fingerprint density at radius 3 is 2.78 bits per heavy atom. The van der Waals surface area contributed by atoms with E-state index in [0.717, 1.165) is 9.32 Å². The number of hydrogen-bond donors (Lipinski definition) is 1. The molecular weight excluding hydrogens is 231 g/mol. The first-order chi connectivity index (χ1) is 4.29. The standard InChI is InChI=1S/C6H3IO2/c7-3-1-2-4(8)6-5(3)9-6/h1-2,8H. The summed E-state index contributed by atoms with van der Waals surface area (Å²) < 4.78 is 6.00. The van der Waals surface area contributed by atoms with Crippen molar-refractivity contribution in [3.63, 3.8) is 0 Å². The first kappa shape index (κ1) is 5.34. The highest BCUT2D eigenvalue weighted by molar-refractivity contribution is 14.1. The van der Waals surface area contributed by atoms with Crippen LogP contribution in [0.4, 0.5) is 0 Å². The monoisotopic (exact) mass is 234 g/mol. The summed E-state index contributed by atoms with van der Waals surface area (Å²) in [5.74, 6) is 1.71. The van der Waals surface area contributed by atoms with Crippen molar-refractivity contribution in [3.05, 3.63) is 15.7 Å². The zero-order chi connectivity index (χ0) is 6.43. The minimum Gasteiger partial charge on any atom is -0.504 e. The fourth-order valence-electron chi connectivity index (χ4n) is 0.706. The van der Waals surface area contributed by atoms with Crippen molar-refractivity contribution in [1.82, 2.24) is 0 Å². The van der Waals surface area contributed by atoms with Crippen LogP contribution >= 0.6 is 22.6 Å². The SMILES string of the molecule is Oc1ccc(I)c2c1O2. The summed E-state index contributed by atoms with van der Waals surface area (Å²) in [6, 6.07) is 3.45. The van der Waals surface area contributed by atoms with E-state index >= 15 is 0 Å². The molecule has 1 aromatic carbocycles. The zero-order valence-electron chi connectivity index (χ0n) is 4.39. The molecule has 0 unspecified atom stereocenters. The maximum atomic E-state index is 8.97. The van der Waals surface area contributed by atoms with Crippen LogP contribution in [0.5, 0.6) is 17.2 Å². The number of hydrogen-bond acceptors (Lipinski definition) is 2. The Kier molecular flexibility index (Phi) is 0.908. The van der Waals surface area contributed by atoms with Crippen molar-refractivity contribution >= 4 is 22.6 Å². The lowest BCUT2D eigenvalue weighted by Crippen LogP contribution is -1.57. The highest BCUT2D eigenvalue weighted by Crippen LogP contribution is 2.54. The number of fused-ring (bicyclic) bond motifs is 1.